The van der Waals surface area contributed by atoms with E-state index in [1.165, 1.54) is 12.1 Å². The topological polar surface area (TPSA) is 102 Å². The van der Waals surface area contributed by atoms with Gasteiger partial charge in [-0.2, -0.15) is 0 Å². The fraction of sp³-hybridized carbons (Fsp3) is 0.500. The van der Waals surface area contributed by atoms with Crippen molar-refractivity contribution in [1.82, 2.24) is 0 Å². The van der Waals surface area contributed by atoms with Gasteiger partial charge >= 0.3 is 11.9 Å². The molecule has 23 heavy (non-hydrogen) atoms. The number of ether oxygens (including phenoxy) is 2. The first kappa shape index (κ1) is 19.1. The Morgan fingerprint density at radius 1 is 0.957 bits per heavy atom. The average molecular weight is 326 g/mol. The number of hydrogen-bond donors (Lipinski definition) is 2. The second kappa shape index (κ2) is 8.61. The van der Waals surface area contributed by atoms with Crippen LogP contribution in [0.3, 0.4) is 0 Å². The Kier molecular flexibility index (Phi) is 7.15. The second-order valence-corrected chi connectivity index (χ2v) is 5.51. The molecule has 128 valence electrons. The number of carbonyl (C=O) groups excluding carboxylic acids is 2. The lowest BCUT2D eigenvalue weighted by atomic mass is 9.98. The summed E-state index contributed by atoms with van der Waals surface area (Å²) in [4.78, 5) is 28.4. The minimum absolute atomic E-state index is 0.0681. The average Bonchev–Trinajstić information content (AvgIpc) is 2.45. The molecule has 0 unspecified atom stereocenters. The monoisotopic (exact) mass is 326 g/mol. The van der Waals surface area contributed by atoms with Crippen LogP contribution in [0.4, 0.5) is 0 Å². The molecule has 7 heteroatoms. The van der Waals surface area contributed by atoms with E-state index in [4.69, 9.17) is 14.7 Å². The van der Waals surface area contributed by atoms with Crippen molar-refractivity contribution >= 4 is 11.9 Å². The third kappa shape index (κ3) is 5.31. The summed E-state index contributed by atoms with van der Waals surface area (Å²) in [5.41, 5.74) is 0.700. The molecule has 0 amide bonds. The molecule has 0 saturated heterocycles. The first-order valence-electron chi connectivity index (χ1n) is 7.25. The maximum absolute atomic E-state index is 12.2. The molecule has 0 radical (unpaired) electrons. The van der Waals surface area contributed by atoms with Crippen LogP contribution in [0.1, 0.15) is 59.5 Å². The molecular formula is C16H22O7. The Bertz CT molecular complexity index is 564. The number of rotatable bonds is 7. The molecule has 1 rings (SSSR count). The number of hydrogen-bond acceptors (Lipinski definition) is 7. The molecule has 0 aromatic heterocycles. The van der Waals surface area contributed by atoms with Gasteiger partial charge in [0, 0.05) is 0 Å². The number of carbonyl (C=O) groups is 2. The molecule has 0 bridgehead atoms. The number of aliphatic hydroxyl groups is 1. The third-order valence-corrected chi connectivity index (χ3v) is 2.84. The van der Waals surface area contributed by atoms with Crippen molar-refractivity contribution in [2.45, 2.75) is 53.1 Å². The first-order chi connectivity index (χ1) is 10.8. The summed E-state index contributed by atoms with van der Waals surface area (Å²) in [5, 5.41) is 18.1. The minimum Gasteiger partial charge on any atom is -0.459 e. The van der Waals surface area contributed by atoms with Gasteiger partial charge in [-0.05, 0) is 51.0 Å². The van der Waals surface area contributed by atoms with E-state index in [1.54, 1.807) is 27.7 Å². The fourth-order valence-corrected chi connectivity index (χ4v) is 1.95. The van der Waals surface area contributed by atoms with Gasteiger partial charge in [-0.15, -0.1) is 0 Å². The normalized spacial score (nSPS) is 11.0. The molecule has 0 aliphatic rings. The van der Waals surface area contributed by atoms with Crippen LogP contribution in [-0.2, 0) is 27.6 Å². The summed E-state index contributed by atoms with van der Waals surface area (Å²) in [7, 11) is 0. The van der Waals surface area contributed by atoms with Crippen molar-refractivity contribution < 1.29 is 34.3 Å². The minimum atomic E-state index is -0.657. The van der Waals surface area contributed by atoms with Crippen LogP contribution < -0.4 is 0 Å². The second-order valence-electron chi connectivity index (χ2n) is 5.51. The summed E-state index contributed by atoms with van der Waals surface area (Å²) in [6, 6.07) is 2.69. The number of esters is 2. The molecule has 7 nitrogen and oxygen atoms in total. The van der Waals surface area contributed by atoms with Gasteiger partial charge in [-0.1, -0.05) is 0 Å². The third-order valence-electron chi connectivity index (χ3n) is 2.84. The summed E-state index contributed by atoms with van der Waals surface area (Å²) in [5.74, 6) is -1.31. The van der Waals surface area contributed by atoms with Gasteiger partial charge in [0.2, 0.25) is 0 Å². The van der Waals surface area contributed by atoms with Crippen molar-refractivity contribution in [2.24, 2.45) is 0 Å². The highest BCUT2D eigenvalue weighted by Crippen LogP contribution is 2.21. The smallest absolute Gasteiger partial charge is 0.338 e. The lowest BCUT2D eigenvalue weighted by Crippen LogP contribution is -2.18. The molecule has 1 aromatic carbocycles. The van der Waals surface area contributed by atoms with Gasteiger partial charge < -0.3 is 14.6 Å². The van der Waals surface area contributed by atoms with Gasteiger partial charge in [0.15, 0.2) is 0 Å². The summed E-state index contributed by atoms with van der Waals surface area (Å²) in [6.07, 6.45) is -0.700. The Hall–Kier alpha value is -1.96. The molecule has 1 aromatic rings. The summed E-state index contributed by atoms with van der Waals surface area (Å²) in [6.45, 7) is 6.05. The van der Waals surface area contributed by atoms with E-state index in [0.717, 1.165) is 0 Å². The number of aliphatic hydroxyl groups excluding tert-OH is 1. The SMILES string of the molecule is CC(C)OC(=O)c1cc(C(=O)OC(C)C)c(COO)cc1CO. The summed E-state index contributed by atoms with van der Waals surface area (Å²) >= 11 is 0. The van der Waals surface area contributed by atoms with E-state index < -0.39 is 18.5 Å². The lowest BCUT2D eigenvalue weighted by Gasteiger charge is -2.16. The van der Waals surface area contributed by atoms with Crippen LogP contribution in [0.5, 0.6) is 0 Å². The van der Waals surface area contributed by atoms with Gasteiger partial charge in [-0.25, -0.2) is 14.5 Å². The van der Waals surface area contributed by atoms with Crippen molar-refractivity contribution in [3.8, 4) is 0 Å². The Morgan fingerprint density at radius 3 is 1.83 bits per heavy atom. The Balaban J connectivity index is 3.35. The van der Waals surface area contributed by atoms with E-state index in [9.17, 15) is 14.7 Å². The summed E-state index contributed by atoms with van der Waals surface area (Å²) < 4.78 is 10.2. The Morgan fingerprint density at radius 2 is 1.43 bits per heavy atom. The highest BCUT2D eigenvalue weighted by molar-refractivity contribution is 5.97. The number of benzene rings is 1. The van der Waals surface area contributed by atoms with Gasteiger partial charge in [0.05, 0.1) is 29.9 Å². The Labute approximate surface area is 134 Å². The maximum atomic E-state index is 12.2. The zero-order chi connectivity index (χ0) is 17.6. The highest BCUT2D eigenvalue weighted by Gasteiger charge is 2.22. The van der Waals surface area contributed by atoms with Gasteiger partial charge in [0.25, 0.3) is 0 Å². The van der Waals surface area contributed by atoms with Crippen molar-refractivity contribution in [2.75, 3.05) is 0 Å². The van der Waals surface area contributed by atoms with Gasteiger partial charge in [0.1, 0.15) is 6.61 Å². The van der Waals surface area contributed by atoms with E-state index in [1.807, 2.05) is 0 Å². The predicted molar refractivity (Wildman–Crippen MR) is 80.9 cm³/mol. The zero-order valence-corrected chi connectivity index (χ0v) is 13.7. The molecule has 0 saturated carbocycles. The van der Waals surface area contributed by atoms with Crippen LogP contribution in [0, 0.1) is 0 Å². The molecule has 2 N–H and O–H groups in total. The molecule has 0 atom stereocenters. The molecular weight excluding hydrogens is 304 g/mol. The van der Waals surface area contributed by atoms with E-state index in [2.05, 4.69) is 4.89 Å². The molecule has 0 aliphatic carbocycles. The van der Waals surface area contributed by atoms with Crippen molar-refractivity contribution in [1.29, 1.82) is 0 Å². The molecule has 0 aliphatic heterocycles. The standard InChI is InChI=1S/C16H22O7/c1-9(2)22-15(18)13-6-14(16(19)23-10(3)4)12(8-21-20)5-11(13)7-17/h5-6,9-10,17,20H,7-8H2,1-4H3. The first-order valence-corrected chi connectivity index (χ1v) is 7.25. The van der Waals surface area contributed by atoms with Crippen LogP contribution in [0.15, 0.2) is 12.1 Å². The van der Waals surface area contributed by atoms with Crippen molar-refractivity contribution in [3.05, 3.63) is 34.4 Å². The van der Waals surface area contributed by atoms with E-state index in [-0.39, 0.29) is 35.5 Å². The van der Waals surface area contributed by atoms with E-state index in [0.29, 0.717) is 5.56 Å². The van der Waals surface area contributed by atoms with Crippen molar-refractivity contribution in [3.63, 3.8) is 0 Å². The van der Waals surface area contributed by atoms with Crippen LogP contribution in [0.2, 0.25) is 0 Å². The quantitative estimate of drug-likeness (QED) is 0.450. The van der Waals surface area contributed by atoms with E-state index >= 15 is 0 Å². The van der Waals surface area contributed by atoms with Crippen LogP contribution in [-0.4, -0.2) is 34.5 Å². The zero-order valence-electron chi connectivity index (χ0n) is 13.7. The molecule has 0 spiro atoms. The van der Waals surface area contributed by atoms with Gasteiger partial charge in [-0.3, -0.25) is 5.26 Å². The molecule has 0 heterocycles. The van der Waals surface area contributed by atoms with Crippen LogP contribution >= 0.6 is 0 Å². The molecule has 0 fully saturated rings. The maximum Gasteiger partial charge on any atom is 0.338 e. The lowest BCUT2D eigenvalue weighted by molar-refractivity contribution is -0.253. The largest absolute Gasteiger partial charge is 0.459 e. The highest BCUT2D eigenvalue weighted by atomic mass is 17.1. The van der Waals surface area contributed by atoms with Crippen LogP contribution in [0.25, 0.3) is 0 Å². The predicted octanol–water partition coefficient (Wildman–Crippen LogP) is 2.30. The fourth-order valence-electron chi connectivity index (χ4n) is 1.95.